The highest BCUT2D eigenvalue weighted by Crippen LogP contribution is 2.30. The maximum absolute atomic E-state index is 12.4. The average Bonchev–Trinajstić information content (AvgIpc) is 2.77. The number of likely N-dealkylation sites (N-methyl/N-ethyl adjacent to an activating group) is 1. The molecule has 0 unspecified atom stereocenters. The predicted molar refractivity (Wildman–Crippen MR) is 117 cm³/mol. The number of nitrogens with zero attached hydrogens (tertiary/aromatic N) is 2. The molecule has 0 N–H and O–H groups in total. The van der Waals surface area contributed by atoms with Gasteiger partial charge in [-0.3, -0.25) is 9.79 Å². The van der Waals surface area contributed by atoms with Crippen molar-refractivity contribution < 1.29 is 14.3 Å². The van der Waals surface area contributed by atoms with E-state index in [2.05, 4.69) is 29.1 Å². The number of ether oxygens (including phenoxy) is 2. The van der Waals surface area contributed by atoms with Crippen LogP contribution in [0.15, 0.2) is 47.5 Å². The number of Topliss-reactive ketones (excluding diaryl/α,β-unsaturated/α-hetero) is 1. The molecule has 0 atom stereocenters. The van der Waals surface area contributed by atoms with Gasteiger partial charge in [-0.1, -0.05) is 24.6 Å². The first kappa shape index (κ1) is 21.1. The van der Waals surface area contributed by atoms with Crippen LogP contribution >= 0.6 is 0 Å². The van der Waals surface area contributed by atoms with Gasteiger partial charge in [0.05, 0.1) is 7.11 Å². The molecule has 1 aliphatic heterocycles. The van der Waals surface area contributed by atoms with Gasteiger partial charge in [-0.15, -0.1) is 0 Å². The highest BCUT2D eigenvalue weighted by atomic mass is 16.5. The fraction of sp³-hybridized carbons (Fsp3) is 0.417. The molecule has 0 fully saturated rings. The van der Waals surface area contributed by atoms with E-state index in [4.69, 9.17) is 9.47 Å². The van der Waals surface area contributed by atoms with E-state index in [1.165, 1.54) is 5.56 Å². The van der Waals surface area contributed by atoms with Gasteiger partial charge in [0.15, 0.2) is 5.78 Å². The first-order chi connectivity index (χ1) is 14.2. The topological polar surface area (TPSA) is 51.1 Å². The van der Waals surface area contributed by atoms with Crippen LogP contribution in [0, 0.1) is 0 Å². The molecule has 1 heterocycles. The summed E-state index contributed by atoms with van der Waals surface area (Å²) in [5.41, 5.74) is 2.71. The number of carbonyl (C=O) groups excluding carboxylic acids is 1. The number of carbonyl (C=O) groups is 1. The largest absolute Gasteiger partial charge is 0.496 e. The quantitative estimate of drug-likeness (QED) is 0.409. The van der Waals surface area contributed by atoms with E-state index >= 15 is 0 Å². The Kier molecular flexibility index (Phi) is 7.82. The highest BCUT2D eigenvalue weighted by Gasteiger charge is 2.12. The monoisotopic (exact) mass is 394 g/mol. The number of hydrogen-bond acceptors (Lipinski definition) is 5. The molecule has 2 aromatic rings. The minimum absolute atomic E-state index is 0.179. The molecule has 0 radical (unpaired) electrons. The Morgan fingerprint density at radius 1 is 1.14 bits per heavy atom. The van der Waals surface area contributed by atoms with Crippen molar-refractivity contribution in [3.05, 3.63) is 53.6 Å². The van der Waals surface area contributed by atoms with Gasteiger partial charge in [-0.25, -0.2) is 0 Å². The van der Waals surface area contributed by atoms with Crippen LogP contribution in [-0.2, 0) is 6.42 Å². The third-order valence-corrected chi connectivity index (χ3v) is 5.22. The second-order valence-electron chi connectivity index (χ2n) is 7.40. The lowest BCUT2D eigenvalue weighted by Crippen LogP contribution is -2.22. The molecule has 5 nitrogen and oxygen atoms in total. The summed E-state index contributed by atoms with van der Waals surface area (Å²) in [7, 11) is 3.87. The van der Waals surface area contributed by atoms with Crippen molar-refractivity contribution in [1.29, 1.82) is 0 Å². The van der Waals surface area contributed by atoms with Crippen LogP contribution in [-0.4, -0.2) is 50.8 Å². The van der Waals surface area contributed by atoms with Gasteiger partial charge >= 0.3 is 0 Å². The maximum atomic E-state index is 12.4. The molecule has 154 valence electrons. The van der Waals surface area contributed by atoms with Gasteiger partial charge in [0.25, 0.3) is 0 Å². The van der Waals surface area contributed by atoms with Crippen LogP contribution in [0.3, 0.4) is 0 Å². The molecule has 2 aromatic carbocycles. The second kappa shape index (κ2) is 10.8. The number of ketones is 1. The SMILES string of the molecule is COc1ccccc1CCN(C)CCCCCC(=O)c1ccc2c(c1)N=CCO2. The Hall–Kier alpha value is -2.66. The van der Waals surface area contributed by atoms with Crippen LogP contribution in [0.4, 0.5) is 5.69 Å². The molecule has 3 rings (SSSR count). The van der Waals surface area contributed by atoms with Crippen LogP contribution in [0.5, 0.6) is 11.5 Å². The van der Waals surface area contributed by atoms with Crippen molar-refractivity contribution >= 4 is 17.7 Å². The summed E-state index contributed by atoms with van der Waals surface area (Å²) >= 11 is 0. The molecule has 0 saturated heterocycles. The summed E-state index contributed by atoms with van der Waals surface area (Å²) < 4.78 is 10.9. The lowest BCUT2D eigenvalue weighted by molar-refractivity contribution is 0.0979. The fourth-order valence-electron chi connectivity index (χ4n) is 3.50. The molecule has 0 bridgehead atoms. The van der Waals surface area contributed by atoms with Crippen LogP contribution in [0.1, 0.15) is 41.6 Å². The molecular weight excluding hydrogens is 364 g/mol. The van der Waals surface area contributed by atoms with Crippen molar-refractivity contribution in [2.45, 2.75) is 32.1 Å². The van der Waals surface area contributed by atoms with Crippen LogP contribution in [0.25, 0.3) is 0 Å². The molecule has 0 aromatic heterocycles. The van der Waals surface area contributed by atoms with Crippen molar-refractivity contribution in [2.75, 3.05) is 33.9 Å². The van der Waals surface area contributed by atoms with Gasteiger partial charge < -0.3 is 14.4 Å². The van der Waals surface area contributed by atoms with Gasteiger partial charge in [0.1, 0.15) is 23.8 Å². The van der Waals surface area contributed by atoms with Crippen molar-refractivity contribution in [2.24, 2.45) is 4.99 Å². The smallest absolute Gasteiger partial charge is 0.162 e. The number of methoxy groups -OCH3 is 1. The zero-order chi connectivity index (χ0) is 20.5. The number of aliphatic imine (C=N–C) groups is 1. The van der Waals surface area contributed by atoms with E-state index in [9.17, 15) is 4.79 Å². The van der Waals surface area contributed by atoms with E-state index < -0.39 is 0 Å². The first-order valence-corrected chi connectivity index (χ1v) is 10.3. The Morgan fingerprint density at radius 3 is 2.86 bits per heavy atom. The van der Waals surface area contributed by atoms with E-state index in [0.29, 0.717) is 13.0 Å². The zero-order valence-electron chi connectivity index (χ0n) is 17.4. The molecule has 1 aliphatic rings. The molecule has 0 aliphatic carbocycles. The Labute approximate surface area is 173 Å². The Morgan fingerprint density at radius 2 is 2.00 bits per heavy atom. The van der Waals surface area contributed by atoms with E-state index in [1.807, 2.05) is 30.3 Å². The van der Waals surface area contributed by atoms with Gasteiger partial charge in [0, 0.05) is 24.7 Å². The van der Waals surface area contributed by atoms with Crippen molar-refractivity contribution in [3.8, 4) is 11.5 Å². The summed E-state index contributed by atoms with van der Waals surface area (Å²) in [6.07, 6.45) is 6.34. The molecule has 5 heteroatoms. The number of hydrogen-bond donors (Lipinski definition) is 0. The summed E-state index contributed by atoms with van der Waals surface area (Å²) in [6.45, 7) is 2.53. The number of rotatable bonds is 11. The van der Waals surface area contributed by atoms with Gasteiger partial charge in [0.2, 0.25) is 0 Å². The molecule has 29 heavy (non-hydrogen) atoms. The lowest BCUT2D eigenvalue weighted by Gasteiger charge is -2.17. The van der Waals surface area contributed by atoms with Crippen molar-refractivity contribution in [1.82, 2.24) is 4.90 Å². The normalized spacial score (nSPS) is 12.5. The summed E-state index contributed by atoms with van der Waals surface area (Å²) in [6, 6.07) is 13.7. The number of unbranched alkanes of at least 4 members (excludes halogenated alkanes) is 2. The first-order valence-electron chi connectivity index (χ1n) is 10.3. The van der Waals surface area contributed by atoms with Crippen LogP contribution < -0.4 is 9.47 Å². The summed E-state index contributed by atoms with van der Waals surface area (Å²) in [4.78, 5) is 19.1. The minimum Gasteiger partial charge on any atom is -0.496 e. The highest BCUT2D eigenvalue weighted by molar-refractivity contribution is 5.97. The van der Waals surface area contributed by atoms with Crippen molar-refractivity contribution in [3.63, 3.8) is 0 Å². The van der Waals surface area contributed by atoms with E-state index in [0.717, 1.165) is 61.5 Å². The van der Waals surface area contributed by atoms with Crippen LogP contribution in [0.2, 0.25) is 0 Å². The second-order valence-corrected chi connectivity index (χ2v) is 7.40. The number of para-hydroxylation sites is 1. The molecule has 0 amide bonds. The standard InChI is InChI=1S/C24H30N2O3/c1-26(16-13-19-8-5-6-10-23(19)28-2)15-7-3-4-9-22(27)20-11-12-24-21(18-20)25-14-17-29-24/h5-6,8,10-12,14,18H,3-4,7,9,13,15-17H2,1-2H3. The fourth-order valence-corrected chi connectivity index (χ4v) is 3.50. The Balaban J connectivity index is 1.33. The summed E-state index contributed by atoms with van der Waals surface area (Å²) in [5, 5.41) is 0. The number of benzene rings is 2. The molecule has 0 spiro atoms. The lowest BCUT2D eigenvalue weighted by atomic mass is 10.0. The van der Waals surface area contributed by atoms with Gasteiger partial charge in [-0.05, 0) is 62.7 Å². The summed E-state index contributed by atoms with van der Waals surface area (Å²) in [5.74, 6) is 1.89. The third-order valence-electron chi connectivity index (χ3n) is 5.22. The third kappa shape index (κ3) is 6.16. The van der Waals surface area contributed by atoms with E-state index in [1.54, 1.807) is 13.3 Å². The number of fused-ring (bicyclic) bond motifs is 1. The minimum atomic E-state index is 0.179. The van der Waals surface area contributed by atoms with E-state index in [-0.39, 0.29) is 5.78 Å². The van der Waals surface area contributed by atoms with Gasteiger partial charge in [-0.2, -0.15) is 0 Å². The maximum Gasteiger partial charge on any atom is 0.162 e. The average molecular weight is 395 g/mol. The predicted octanol–water partition coefficient (Wildman–Crippen LogP) is 4.71. The zero-order valence-corrected chi connectivity index (χ0v) is 17.4. The molecule has 0 saturated carbocycles. The Bertz CT molecular complexity index is 848. The molecular formula is C24H30N2O3.